The Morgan fingerprint density at radius 1 is 1.18 bits per heavy atom. The molecule has 1 fully saturated rings. The van der Waals surface area contributed by atoms with Crippen LogP contribution in [0.25, 0.3) is 6.08 Å². The summed E-state index contributed by atoms with van der Waals surface area (Å²) < 4.78 is 44.9. The van der Waals surface area contributed by atoms with Crippen molar-refractivity contribution in [2.75, 3.05) is 6.61 Å². The van der Waals surface area contributed by atoms with Crippen LogP contribution in [0, 0.1) is 17.5 Å². The van der Waals surface area contributed by atoms with Gasteiger partial charge in [0.05, 0.1) is 10.6 Å². The lowest BCUT2D eigenvalue weighted by molar-refractivity contribution is -0.119. The van der Waals surface area contributed by atoms with Crippen molar-refractivity contribution in [3.8, 4) is 5.75 Å². The average molecular weight is 407 g/mol. The average Bonchev–Trinajstić information content (AvgIpc) is 2.97. The third-order valence-corrected chi connectivity index (χ3v) is 4.24. The third kappa shape index (κ3) is 4.71. The molecule has 0 unspecified atom stereocenters. The Hall–Kier alpha value is -3.27. The number of ether oxygens (including phenoxy) is 1. The molecule has 0 spiro atoms. The van der Waals surface area contributed by atoms with E-state index in [2.05, 4.69) is 10.3 Å². The molecule has 6 nitrogen and oxygen atoms in total. The highest BCUT2D eigenvalue weighted by Crippen LogP contribution is 2.29. The second-order valence-corrected chi connectivity index (χ2v) is 6.55. The quantitative estimate of drug-likeness (QED) is 0.742. The first kappa shape index (κ1) is 19.5. The number of halogens is 3. The summed E-state index contributed by atoms with van der Waals surface area (Å²) in [5, 5.41) is 2.04. The zero-order chi connectivity index (χ0) is 20.3. The molecule has 2 aromatic carbocycles. The van der Waals surface area contributed by atoms with Gasteiger partial charge in [0.25, 0.3) is 11.1 Å². The maximum absolute atomic E-state index is 13.4. The smallest absolute Gasteiger partial charge is 0.289 e. The number of primary amides is 1. The predicted octanol–water partition coefficient (Wildman–Crippen LogP) is 3.50. The van der Waals surface area contributed by atoms with Gasteiger partial charge < -0.3 is 15.8 Å². The molecule has 3 rings (SSSR count). The Labute approximate surface area is 161 Å². The standard InChI is InChI=1S/C18H12F3N3O3S/c19-12-6-10(7-13(20)16(12)21)23-17-14(28-18(26)24-17)5-9-1-3-11(4-2-9)27-8-15(22)25/h1-7H,8H2,(H2,22,25)(H,23,24,26). The van der Waals surface area contributed by atoms with Crippen molar-refractivity contribution >= 4 is 40.5 Å². The van der Waals surface area contributed by atoms with E-state index in [-0.39, 0.29) is 18.1 Å². The Morgan fingerprint density at radius 2 is 1.82 bits per heavy atom. The number of amides is 2. The summed E-state index contributed by atoms with van der Waals surface area (Å²) >= 11 is 0.844. The van der Waals surface area contributed by atoms with E-state index in [0.717, 1.165) is 23.9 Å². The molecular formula is C18H12F3N3O3S. The van der Waals surface area contributed by atoms with Gasteiger partial charge in [0, 0.05) is 12.1 Å². The molecular weight excluding hydrogens is 395 g/mol. The molecule has 0 aromatic heterocycles. The fraction of sp³-hybridized carbons (Fsp3) is 0.0556. The number of nitrogens with one attached hydrogen (secondary N) is 1. The lowest BCUT2D eigenvalue weighted by Crippen LogP contribution is -2.19. The van der Waals surface area contributed by atoms with Crippen molar-refractivity contribution in [2.45, 2.75) is 0 Å². The minimum atomic E-state index is -1.59. The maximum Gasteiger partial charge on any atom is 0.289 e. The Kier molecular flexibility index (Phi) is 5.69. The molecule has 1 saturated heterocycles. The highest BCUT2D eigenvalue weighted by molar-refractivity contribution is 8.18. The molecule has 0 aliphatic carbocycles. The number of benzene rings is 2. The molecule has 2 amide bonds. The van der Waals surface area contributed by atoms with Crippen LogP contribution in [-0.4, -0.2) is 23.6 Å². The number of aliphatic imine (C=N–C) groups is 1. The monoisotopic (exact) mass is 407 g/mol. The van der Waals surface area contributed by atoms with E-state index >= 15 is 0 Å². The van der Waals surface area contributed by atoms with E-state index in [1.165, 1.54) is 0 Å². The van der Waals surface area contributed by atoms with E-state index < -0.39 is 28.6 Å². The van der Waals surface area contributed by atoms with Gasteiger partial charge in [0.2, 0.25) is 0 Å². The Bertz CT molecular complexity index is 984. The summed E-state index contributed by atoms with van der Waals surface area (Å²) in [7, 11) is 0. The first-order valence-electron chi connectivity index (χ1n) is 7.77. The fourth-order valence-electron chi connectivity index (χ4n) is 2.21. The largest absolute Gasteiger partial charge is 0.484 e. The molecule has 28 heavy (non-hydrogen) atoms. The van der Waals surface area contributed by atoms with E-state index in [4.69, 9.17) is 10.5 Å². The number of hydrogen-bond donors (Lipinski definition) is 2. The summed E-state index contributed by atoms with van der Waals surface area (Å²) in [6.45, 7) is -0.254. The number of amidine groups is 1. The maximum atomic E-state index is 13.4. The summed E-state index contributed by atoms with van der Waals surface area (Å²) in [4.78, 5) is 26.8. The molecule has 10 heteroatoms. The molecule has 144 valence electrons. The summed E-state index contributed by atoms with van der Waals surface area (Å²) in [6.07, 6.45) is 1.62. The highest BCUT2D eigenvalue weighted by atomic mass is 32.2. The van der Waals surface area contributed by atoms with Crippen molar-refractivity contribution in [3.05, 3.63) is 64.3 Å². The topological polar surface area (TPSA) is 93.8 Å². The van der Waals surface area contributed by atoms with Gasteiger partial charge in [-0.25, -0.2) is 18.2 Å². The molecule has 2 aromatic rings. The van der Waals surface area contributed by atoms with Gasteiger partial charge in [0.1, 0.15) is 11.6 Å². The van der Waals surface area contributed by atoms with Crippen LogP contribution in [0.5, 0.6) is 5.75 Å². The first-order valence-corrected chi connectivity index (χ1v) is 8.59. The number of carbonyl (C=O) groups excluding carboxylic acids is 2. The number of carbonyl (C=O) groups is 2. The van der Waals surface area contributed by atoms with Crippen molar-refractivity contribution in [2.24, 2.45) is 10.7 Å². The normalized spacial score (nSPS) is 16.5. The zero-order valence-electron chi connectivity index (χ0n) is 14.0. The lowest BCUT2D eigenvalue weighted by Gasteiger charge is -2.04. The minimum Gasteiger partial charge on any atom is -0.484 e. The second kappa shape index (κ2) is 8.17. The van der Waals surface area contributed by atoms with Crippen molar-refractivity contribution in [1.29, 1.82) is 0 Å². The molecule has 0 saturated carbocycles. The van der Waals surface area contributed by atoms with Crippen molar-refractivity contribution < 1.29 is 27.5 Å². The van der Waals surface area contributed by atoms with Crippen LogP contribution in [0.4, 0.5) is 23.7 Å². The molecule has 0 radical (unpaired) electrons. The van der Waals surface area contributed by atoms with Crippen LogP contribution in [0.15, 0.2) is 46.3 Å². The highest BCUT2D eigenvalue weighted by Gasteiger charge is 2.24. The zero-order valence-corrected chi connectivity index (χ0v) is 14.9. The molecule has 1 aliphatic heterocycles. The van der Waals surface area contributed by atoms with Gasteiger partial charge in [-0.3, -0.25) is 9.59 Å². The number of rotatable bonds is 5. The third-order valence-electron chi connectivity index (χ3n) is 3.42. The van der Waals surface area contributed by atoms with E-state index in [0.29, 0.717) is 16.2 Å². The number of thioether (sulfide) groups is 1. The first-order chi connectivity index (χ1) is 13.3. The predicted molar refractivity (Wildman–Crippen MR) is 98.6 cm³/mol. The summed E-state index contributed by atoms with van der Waals surface area (Å²) in [5.74, 6) is -4.45. The van der Waals surface area contributed by atoms with E-state index in [9.17, 15) is 22.8 Å². The van der Waals surface area contributed by atoms with Crippen LogP contribution in [0.3, 0.4) is 0 Å². The Morgan fingerprint density at radius 3 is 2.43 bits per heavy atom. The van der Waals surface area contributed by atoms with Gasteiger partial charge in [0.15, 0.2) is 24.1 Å². The Balaban J connectivity index is 1.85. The van der Waals surface area contributed by atoms with Crippen molar-refractivity contribution in [3.63, 3.8) is 0 Å². The van der Waals surface area contributed by atoms with Crippen LogP contribution >= 0.6 is 11.8 Å². The van der Waals surface area contributed by atoms with Crippen LogP contribution in [-0.2, 0) is 4.79 Å². The van der Waals surface area contributed by atoms with Gasteiger partial charge >= 0.3 is 0 Å². The molecule has 1 aliphatic rings. The molecule has 0 bridgehead atoms. The summed E-state index contributed by atoms with van der Waals surface area (Å²) in [5.41, 5.74) is 5.49. The number of hydrogen-bond acceptors (Lipinski definition) is 5. The van der Waals surface area contributed by atoms with Crippen LogP contribution in [0.2, 0.25) is 0 Å². The number of nitrogens with zero attached hydrogens (tertiary/aromatic N) is 1. The number of nitrogens with two attached hydrogens (primary N) is 1. The summed E-state index contributed by atoms with van der Waals surface area (Å²) in [6, 6.07) is 7.99. The molecule has 0 atom stereocenters. The van der Waals surface area contributed by atoms with Crippen LogP contribution < -0.4 is 15.8 Å². The molecule has 1 heterocycles. The van der Waals surface area contributed by atoms with Gasteiger partial charge in [-0.05, 0) is 35.5 Å². The van der Waals surface area contributed by atoms with Crippen molar-refractivity contribution in [1.82, 2.24) is 5.32 Å². The van der Waals surface area contributed by atoms with E-state index in [1.807, 2.05) is 0 Å². The van der Waals surface area contributed by atoms with E-state index in [1.54, 1.807) is 30.3 Å². The second-order valence-electron chi connectivity index (χ2n) is 5.53. The van der Waals surface area contributed by atoms with Gasteiger partial charge in [-0.2, -0.15) is 0 Å². The fourth-order valence-corrected chi connectivity index (χ4v) is 2.95. The van der Waals surface area contributed by atoms with Gasteiger partial charge in [-0.1, -0.05) is 12.1 Å². The van der Waals surface area contributed by atoms with Gasteiger partial charge in [-0.15, -0.1) is 0 Å². The SMILES string of the molecule is NC(=O)COc1ccc(C=C2SC(=O)NC2=Nc2cc(F)c(F)c(F)c2)cc1. The lowest BCUT2D eigenvalue weighted by atomic mass is 10.2. The van der Waals surface area contributed by atoms with Crippen LogP contribution in [0.1, 0.15) is 5.56 Å². The molecule has 3 N–H and O–H groups in total. The minimum absolute atomic E-state index is 0.0782.